The van der Waals surface area contributed by atoms with E-state index in [1.54, 1.807) is 0 Å². The van der Waals surface area contributed by atoms with Crippen molar-refractivity contribution in [2.45, 2.75) is 6.54 Å². The standard InChI is InChI=1S/C19H21N3O4S/c1-26-18-7-6-16(22(24)25)12-17(18)19(23)20-13-14-2-4-15(5-3-14)21-8-10-27-11-9-21/h2-7,12H,8-11,13H2,1H3,(H,20,23). The molecule has 2 aromatic carbocycles. The van der Waals surface area contributed by atoms with Crippen LogP contribution in [0.5, 0.6) is 5.75 Å². The maximum Gasteiger partial charge on any atom is 0.270 e. The van der Waals surface area contributed by atoms with Crippen LogP contribution in [0.4, 0.5) is 11.4 Å². The third-order valence-corrected chi connectivity index (χ3v) is 5.35. The summed E-state index contributed by atoms with van der Waals surface area (Å²) in [5.74, 6) is 2.18. The summed E-state index contributed by atoms with van der Waals surface area (Å²) in [5, 5.41) is 13.7. The van der Waals surface area contributed by atoms with E-state index in [0.29, 0.717) is 12.3 Å². The zero-order valence-corrected chi connectivity index (χ0v) is 15.8. The molecule has 0 spiro atoms. The maximum absolute atomic E-state index is 12.5. The van der Waals surface area contributed by atoms with Gasteiger partial charge in [-0.2, -0.15) is 11.8 Å². The van der Waals surface area contributed by atoms with E-state index in [2.05, 4.69) is 22.3 Å². The molecule has 7 nitrogen and oxygen atoms in total. The molecule has 1 aliphatic heterocycles. The number of carbonyl (C=O) groups is 1. The number of benzene rings is 2. The molecule has 8 heteroatoms. The molecule has 0 aromatic heterocycles. The van der Waals surface area contributed by atoms with Crippen LogP contribution >= 0.6 is 11.8 Å². The molecular formula is C19H21N3O4S. The van der Waals surface area contributed by atoms with Gasteiger partial charge in [-0.3, -0.25) is 14.9 Å². The molecule has 1 fully saturated rings. The Balaban J connectivity index is 1.65. The van der Waals surface area contributed by atoms with Crippen LogP contribution in [0.1, 0.15) is 15.9 Å². The Morgan fingerprint density at radius 1 is 1.22 bits per heavy atom. The fourth-order valence-corrected chi connectivity index (χ4v) is 3.81. The van der Waals surface area contributed by atoms with Crippen LogP contribution in [0.2, 0.25) is 0 Å². The number of rotatable bonds is 6. The Hall–Kier alpha value is -2.74. The lowest BCUT2D eigenvalue weighted by atomic mass is 10.1. The molecule has 0 bridgehead atoms. The highest BCUT2D eigenvalue weighted by molar-refractivity contribution is 7.99. The number of amides is 1. The van der Waals surface area contributed by atoms with E-state index >= 15 is 0 Å². The van der Waals surface area contributed by atoms with Gasteiger partial charge in [0.25, 0.3) is 11.6 Å². The summed E-state index contributed by atoms with van der Waals surface area (Å²) in [6.07, 6.45) is 0. The highest BCUT2D eigenvalue weighted by Gasteiger charge is 2.17. The normalized spacial score (nSPS) is 13.9. The monoisotopic (exact) mass is 387 g/mol. The molecule has 142 valence electrons. The Morgan fingerprint density at radius 3 is 2.56 bits per heavy atom. The Labute approximate surface area is 161 Å². The molecule has 1 heterocycles. The largest absolute Gasteiger partial charge is 0.496 e. The average Bonchev–Trinajstić information content (AvgIpc) is 2.72. The number of nitrogens with one attached hydrogen (secondary N) is 1. The van der Waals surface area contributed by atoms with E-state index in [9.17, 15) is 14.9 Å². The topological polar surface area (TPSA) is 84.7 Å². The number of nitro groups is 1. The minimum Gasteiger partial charge on any atom is -0.496 e. The van der Waals surface area contributed by atoms with Crippen molar-refractivity contribution in [2.75, 3.05) is 36.6 Å². The Bertz CT molecular complexity index is 820. The predicted molar refractivity (Wildman–Crippen MR) is 107 cm³/mol. The number of non-ortho nitro benzene ring substituents is 1. The van der Waals surface area contributed by atoms with Crippen molar-refractivity contribution in [3.05, 3.63) is 63.7 Å². The summed E-state index contributed by atoms with van der Waals surface area (Å²) in [5.41, 5.74) is 2.15. The summed E-state index contributed by atoms with van der Waals surface area (Å²) >= 11 is 1.97. The summed E-state index contributed by atoms with van der Waals surface area (Å²) < 4.78 is 5.15. The van der Waals surface area contributed by atoms with E-state index in [0.717, 1.165) is 30.2 Å². The lowest BCUT2D eigenvalue weighted by Gasteiger charge is -2.28. The molecule has 0 saturated carbocycles. The Morgan fingerprint density at radius 2 is 1.93 bits per heavy atom. The number of ether oxygens (including phenoxy) is 1. The van der Waals surface area contributed by atoms with Crippen molar-refractivity contribution in [1.29, 1.82) is 0 Å². The zero-order valence-electron chi connectivity index (χ0n) is 15.0. The van der Waals surface area contributed by atoms with Crippen molar-refractivity contribution >= 4 is 29.0 Å². The first-order chi connectivity index (χ1) is 13.1. The molecular weight excluding hydrogens is 366 g/mol. The first kappa shape index (κ1) is 19.0. The molecule has 3 rings (SSSR count). The van der Waals surface area contributed by atoms with Gasteiger partial charge >= 0.3 is 0 Å². The lowest BCUT2D eigenvalue weighted by molar-refractivity contribution is -0.384. The van der Waals surface area contributed by atoms with Crippen LogP contribution in [-0.2, 0) is 6.54 Å². The maximum atomic E-state index is 12.5. The fourth-order valence-electron chi connectivity index (χ4n) is 2.91. The molecule has 1 saturated heterocycles. The molecule has 1 aliphatic rings. The van der Waals surface area contributed by atoms with Crippen LogP contribution in [0.25, 0.3) is 0 Å². The fraction of sp³-hybridized carbons (Fsp3) is 0.316. The summed E-state index contributed by atoms with van der Waals surface area (Å²) in [7, 11) is 1.43. The van der Waals surface area contributed by atoms with Gasteiger partial charge in [0.05, 0.1) is 17.6 Å². The van der Waals surface area contributed by atoms with E-state index in [-0.39, 0.29) is 11.3 Å². The zero-order chi connectivity index (χ0) is 19.2. The van der Waals surface area contributed by atoms with Gasteiger partial charge in [0, 0.05) is 49.0 Å². The number of thioether (sulfide) groups is 1. The van der Waals surface area contributed by atoms with Crippen LogP contribution in [0.15, 0.2) is 42.5 Å². The summed E-state index contributed by atoms with van der Waals surface area (Å²) in [6, 6.07) is 12.1. The molecule has 0 atom stereocenters. The van der Waals surface area contributed by atoms with E-state index in [1.165, 1.54) is 31.0 Å². The van der Waals surface area contributed by atoms with Crippen molar-refractivity contribution in [2.24, 2.45) is 0 Å². The van der Waals surface area contributed by atoms with Gasteiger partial charge in [-0.1, -0.05) is 12.1 Å². The van der Waals surface area contributed by atoms with Crippen LogP contribution in [0.3, 0.4) is 0 Å². The highest BCUT2D eigenvalue weighted by Crippen LogP contribution is 2.24. The van der Waals surface area contributed by atoms with E-state index < -0.39 is 10.8 Å². The second-order valence-corrected chi connectivity index (χ2v) is 7.31. The van der Waals surface area contributed by atoms with Crippen molar-refractivity contribution < 1.29 is 14.5 Å². The molecule has 27 heavy (non-hydrogen) atoms. The van der Waals surface area contributed by atoms with Gasteiger partial charge < -0.3 is 15.0 Å². The van der Waals surface area contributed by atoms with Crippen LogP contribution < -0.4 is 15.0 Å². The van der Waals surface area contributed by atoms with E-state index in [1.807, 2.05) is 23.9 Å². The van der Waals surface area contributed by atoms with Crippen molar-refractivity contribution in [3.8, 4) is 5.75 Å². The summed E-state index contributed by atoms with van der Waals surface area (Å²) in [6.45, 7) is 2.43. The lowest BCUT2D eigenvalue weighted by Crippen LogP contribution is -2.32. The SMILES string of the molecule is COc1ccc([N+](=O)[O-])cc1C(=O)NCc1ccc(N2CCSCC2)cc1. The van der Waals surface area contributed by atoms with Gasteiger partial charge in [-0.05, 0) is 23.8 Å². The smallest absolute Gasteiger partial charge is 0.270 e. The minimum absolute atomic E-state index is 0.147. The van der Waals surface area contributed by atoms with Crippen LogP contribution in [-0.4, -0.2) is 42.5 Å². The third-order valence-electron chi connectivity index (χ3n) is 4.40. The van der Waals surface area contributed by atoms with Gasteiger partial charge in [-0.25, -0.2) is 0 Å². The van der Waals surface area contributed by atoms with Crippen LogP contribution in [0, 0.1) is 10.1 Å². The first-order valence-electron chi connectivity index (χ1n) is 8.61. The average molecular weight is 387 g/mol. The number of carbonyl (C=O) groups excluding carboxylic acids is 1. The Kier molecular flexibility index (Phi) is 6.18. The molecule has 1 N–H and O–H groups in total. The van der Waals surface area contributed by atoms with Crippen molar-refractivity contribution in [1.82, 2.24) is 5.32 Å². The quantitative estimate of drug-likeness (QED) is 0.606. The second kappa shape index (κ2) is 8.77. The number of methoxy groups -OCH3 is 1. The number of anilines is 1. The third kappa shape index (κ3) is 4.71. The first-order valence-corrected chi connectivity index (χ1v) is 9.76. The molecule has 1 amide bonds. The minimum atomic E-state index is -0.534. The summed E-state index contributed by atoms with van der Waals surface area (Å²) in [4.78, 5) is 25.2. The van der Waals surface area contributed by atoms with Crippen molar-refractivity contribution in [3.63, 3.8) is 0 Å². The highest BCUT2D eigenvalue weighted by atomic mass is 32.2. The van der Waals surface area contributed by atoms with Gasteiger partial charge in [0.2, 0.25) is 0 Å². The van der Waals surface area contributed by atoms with Gasteiger partial charge in [0.1, 0.15) is 5.75 Å². The number of nitrogens with zero attached hydrogens (tertiary/aromatic N) is 2. The molecule has 0 aliphatic carbocycles. The number of hydrogen-bond donors (Lipinski definition) is 1. The number of nitro benzene ring substituents is 1. The predicted octanol–water partition coefficient (Wildman–Crippen LogP) is 3.09. The second-order valence-electron chi connectivity index (χ2n) is 6.09. The molecule has 0 radical (unpaired) electrons. The molecule has 2 aromatic rings. The van der Waals surface area contributed by atoms with Gasteiger partial charge in [-0.15, -0.1) is 0 Å². The van der Waals surface area contributed by atoms with E-state index in [4.69, 9.17) is 4.74 Å². The molecule has 0 unspecified atom stereocenters. The van der Waals surface area contributed by atoms with Gasteiger partial charge in [0.15, 0.2) is 0 Å². The number of hydrogen-bond acceptors (Lipinski definition) is 6.